The van der Waals surface area contributed by atoms with Crippen LogP contribution in [0.5, 0.6) is 0 Å². The van der Waals surface area contributed by atoms with E-state index in [0.29, 0.717) is 19.8 Å². The minimum atomic E-state index is -0.396. The van der Waals surface area contributed by atoms with Gasteiger partial charge in [0, 0.05) is 39.7 Å². The lowest BCUT2D eigenvalue weighted by atomic mass is 9.92. The average Bonchev–Trinajstić information content (AvgIpc) is 2.48. The Balaban J connectivity index is 2.47. The molecule has 1 saturated heterocycles. The summed E-state index contributed by atoms with van der Waals surface area (Å²) in [6, 6.07) is 0. The van der Waals surface area contributed by atoms with Crippen molar-refractivity contribution in [3.63, 3.8) is 0 Å². The van der Waals surface area contributed by atoms with Crippen LogP contribution in [-0.4, -0.2) is 36.8 Å². The van der Waals surface area contributed by atoms with Gasteiger partial charge in [0.15, 0.2) is 5.82 Å². The predicted octanol–water partition coefficient (Wildman–Crippen LogP) is 2.73. The van der Waals surface area contributed by atoms with Gasteiger partial charge in [-0.2, -0.15) is 0 Å². The van der Waals surface area contributed by atoms with Crippen LogP contribution in [0.4, 0.5) is 5.82 Å². The van der Waals surface area contributed by atoms with Crippen molar-refractivity contribution in [1.29, 1.82) is 0 Å². The van der Waals surface area contributed by atoms with E-state index in [2.05, 4.69) is 34.8 Å². The summed E-state index contributed by atoms with van der Waals surface area (Å²) in [6.45, 7) is 6.19. The topological polar surface area (TPSA) is 56.3 Å². The monoisotopic (exact) mass is 391 g/mol. The van der Waals surface area contributed by atoms with E-state index >= 15 is 0 Å². The second kappa shape index (κ2) is 7.00. The minimum absolute atomic E-state index is 0.396. The third-order valence-electron chi connectivity index (χ3n) is 3.62. The molecule has 0 spiro atoms. The summed E-state index contributed by atoms with van der Waals surface area (Å²) < 4.78 is 12.6. The van der Waals surface area contributed by atoms with Crippen LogP contribution in [0.15, 0.2) is 0 Å². The van der Waals surface area contributed by atoms with Gasteiger partial charge in [0.2, 0.25) is 0 Å². The largest absolute Gasteiger partial charge is 0.381 e. The maximum atomic E-state index is 6.06. The first kappa shape index (κ1) is 15.9. The molecule has 6 heteroatoms. The van der Waals surface area contributed by atoms with E-state index in [9.17, 15) is 0 Å². The third-order valence-corrected chi connectivity index (χ3v) is 4.75. The number of halogens is 1. The molecule has 0 bridgehead atoms. The lowest BCUT2D eigenvalue weighted by Crippen LogP contribution is -2.38. The summed E-state index contributed by atoms with van der Waals surface area (Å²) in [5.41, 5.74) is 0.679. The van der Waals surface area contributed by atoms with E-state index < -0.39 is 5.60 Å². The molecule has 2 heterocycles. The second-order valence-electron chi connectivity index (χ2n) is 4.80. The normalized spacial score (nSPS) is 18.0. The van der Waals surface area contributed by atoms with Crippen molar-refractivity contribution in [2.24, 2.45) is 0 Å². The first-order valence-electron chi connectivity index (χ1n) is 7.13. The van der Waals surface area contributed by atoms with Crippen molar-refractivity contribution >= 4 is 28.4 Å². The first-order chi connectivity index (χ1) is 9.66. The zero-order valence-corrected chi connectivity index (χ0v) is 14.5. The van der Waals surface area contributed by atoms with E-state index in [-0.39, 0.29) is 0 Å². The molecule has 0 aromatic carbocycles. The van der Waals surface area contributed by atoms with Crippen LogP contribution in [0.25, 0.3) is 0 Å². The van der Waals surface area contributed by atoms with Crippen LogP contribution in [0.1, 0.15) is 38.2 Å². The van der Waals surface area contributed by atoms with Gasteiger partial charge in [-0.15, -0.1) is 0 Å². The molecule has 1 fully saturated rings. The fourth-order valence-electron chi connectivity index (χ4n) is 2.51. The van der Waals surface area contributed by atoms with E-state index in [4.69, 9.17) is 19.4 Å². The minimum Gasteiger partial charge on any atom is -0.381 e. The summed E-state index contributed by atoms with van der Waals surface area (Å²) in [7, 11) is 1.89. The van der Waals surface area contributed by atoms with Crippen LogP contribution in [0.2, 0.25) is 0 Å². The average molecular weight is 391 g/mol. The summed E-state index contributed by atoms with van der Waals surface area (Å²) in [5, 5.41) is 3.16. The molecule has 1 N–H and O–H groups in total. The molecule has 0 saturated carbocycles. The van der Waals surface area contributed by atoms with E-state index in [0.717, 1.165) is 40.2 Å². The smallest absolute Gasteiger partial charge is 0.163 e. The number of hydrogen-bond acceptors (Lipinski definition) is 5. The van der Waals surface area contributed by atoms with E-state index in [1.54, 1.807) is 0 Å². The Kier molecular flexibility index (Phi) is 5.57. The highest BCUT2D eigenvalue weighted by Gasteiger charge is 2.39. The van der Waals surface area contributed by atoms with Crippen molar-refractivity contribution in [1.82, 2.24) is 9.97 Å². The SMILES string of the molecule is CCOC1(c2nc(CC)c(I)c(NC)n2)CCOCC1. The van der Waals surface area contributed by atoms with Crippen LogP contribution in [-0.2, 0) is 21.5 Å². The molecule has 0 atom stereocenters. The molecule has 5 nitrogen and oxygen atoms in total. The van der Waals surface area contributed by atoms with Crippen molar-refractivity contribution < 1.29 is 9.47 Å². The van der Waals surface area contributed by atoms with Gasteiger partial charge in [0.1, 0.15) is 11.4 Å². The Hall–Kier alpha value is -0.470. The van der Waals surface area contributed by atoms with Crippen LogP contribution in [0, 0.1) is 3.57 Å². The van der Waals surface area contributed by atoms with Crippen molar-refractivity contribution in [3.05, 3.63) is 15.1 Å². The fourth-order valence-corrected chi connectivity index (χ4v) is 3.40. The number of aromatic nitrogens is 2. The fraction of sp³-hybridized carbons (Fsp3) is 0.714. The molecule has 1 aromatic rings. The maximum absolute atomic E-state index is 6.06. The second-order valence-corrected chi connectivity index (χ2v) is 5.88. The Morgan fingerprint density at radius 1 is 1.30 bits per heavy atom. The number of rotatable bonds is 5. The number of ether oxygens (including phenoxy) is 2. The van der Waals surface area contributed by atoms with Crippen LogP contribution >= 0.6 is 22.6 Å². The van der Waals surface area contributed by atoms with Gasteiger partial charge in [-0.05, 0) is 35.9 Å². The molecule has 0 aliphatic carbocycles. The van der Waals surface area contributed by atoms with Gasteiger partial charge in [-0.3, -0.25) is 0 Å². The van der Waals surface area contributed by atoms with Gasteiger partial charge in [-0.25, -0.2) is 9.97 Å². The van der Waals surface area contributed by atoms with Crippen molar-refractivity contribution in [3.8, 4) is 0 Å². The predicted molar refractivity (Wildman–Crippen MR) is 87.0 cm³/mol. The highest BCUT2D eigenvalue weighted by atomic mass is 127. The van der Waals surface area contributed by atoms with Gasteiger partial charge >= 0.3 is 0 Å². The number of aryl methyl sites for hydroxylation is 1. The third kappa shape index (κ3) is 3.07. The zero-order chi connectivity index (χ0) is 14.6. The van der Waals surface area contributed by atoms with Gasteiger partial charge in [0.05, 0.1) is 9.26 Å². The molecule has 1 aliphatic rings. The number of nitrogens with one attached hydrogen (secondary N) is 1. The van der Waals surface area contributed by atoms with Gasteiger partial charge < -0.3 is 14.8 Å². The molecule has 20 heavy (non-hydrogen) atoms. The lowest BCUT2D eigenvalue weighted by molar-refractivity contribution is -0.117. The summed E-state index contributed by atoms with van der Waals surface area (Å²) in [6.07, 6.45) is 2.52. The molecular formula is C14H22IN3O2. The van der Waals surface area contributed by atoms with E-state index in [1.165, 1.54) is 0 Å². The van der Waals surface area contributed by atoms with Crippen molar-refractivity contribution in [2.75, 3.05) is 32.2 Å². The van der Waals surface area contributed by atoms with E-state index in [1.807, 2.05) is 14.0 Å². The number of anilines is 1. The molecule has 1 aliphatic heterocycles. The molecule has 2 rings (SSSR count). The first-order valence-corrected chi connectivity index (χ1v) is 8.21. The Bertz CT molecular complexity index is 431. The Morgan fingerprint density at radius 2 is 2.00 bits per heavy atom. The van der Waals surface area contributed by atoms with Gasteiger partial charge in [-0.1, -0.05) is 6.92 Å². The van der Waals surface area contributed by atoms with Crippen LogP contribution in [0.3, 0.4) is 0 Å². The maximum Gasteiger partial charge on any atom is 0.163 e. The quantitative estimate of drug-likeness (QED) is 0.783. The summed E-state index contributed by atoms with van der Waals surface area (Å²) in [5.74, 6) is 1.68. The lowest BCUT2D eigenvalue weighted by Gasteiger charge is -2.35. The standard InChI is InChI=1S/C14H22IN3O2/c1-4-10-11(15)12(16-3)18-13(17-10)14(20-5-2)6-8-19-9-7-14/h4-9H2,1-3H3,(H,16,17,18). The molecular weight excluding hydrogens is 369 g/mol. The molecule has 0 amide bonds. The Morgan fingerprint density at radius 3 is 2.55 bits per heavy atom. The van der Waals surface area contributed by atoms with Gasteiger partial charge in [0.25, 0.3) is 0 Å². The molecule has 0 unspecified atom stereocenters. The highest BCUT2D eigenvalue weighted by Crippen LogP contribution is 2.35. The highest BCUT2D eigenvalue weighted by molar-refractivity contribution is 14.1. The van der Waals surface area contributed by atoms with Crippen molar-refractivity contribution in [2.45, 2.75) is 38.7 Å². The molecule has 1 aromatic heterocycles. The number of hydrogen-bond donors (Lipinski definition) is 1. The molecule has 112 valence electrons. The Labute approximate surface area is 134 Å². The number of nitrogens with zero attached hydrogens (tertiary/aromatic N) is 2. The van der Waals surface area contributed by atoms with Crippen LogP contribution < -0.4 is 5.32 Å². The summed E-state index contributed by atoms with van der Waals surface area (Å²) >= 11 is 2.30. The zero-order valence-electron chi connectivity index (χ0n) is 12.3. The summed E-state index contributed by atoms with van der Waals surface area (Å²) in [4.78, 5) is 9.48. The molecule has 0 radical (unpaired) electrons.